The second-order valence-electron chi connectivity index (χ2n) is 4.93. The Morgan fingerprint density at radius 1 is 1.25 bits per heavy atom. The molecule has 0 aromatic heterocycles. The van der Waals surface area contributed by atoms with Gasteiger partial charge in [0, 0.05) is 17.8 Å². The Kier molecular flexibility index (Phi) is 3.49. The molecule has 1 saturated heterocycles. The van der Waals surface area contributed by atoms with Crippen molar-refractivity contribution in [2.45, 2.75) is 45.2 Å². The molecule has 0 bridgehead atoms. The van der Waals surface area contributed by atoms with Crippen molar-refractivity contribution in [2.75, 3.05) is 12.3 Å². The molecule has 2 heteroatoms. The number of hydrogen-bond acceptors (Lipinski definition) is 2. The average molecular weight is 218 g/mol. The van der Waals surface area contributed by atoms with Gasteiger partial charge in [0.15, 0.2) is 0 Å². The lowest BCUT2D eigenvalue weighted by Gasteiger charge is -2.38. The van der Waals surface area contributed by atoms with E-state index in [1.165, 1.54) is 31.4 Å². The van der Waals surface area contributed by atoms with Crippen molar-refractivity contribution in [1.82, 2.24) is 4.90 Å². The zero-order valence-electron chi connectivity index (χ0n) is 10.3. The van der Waals surface area contributed by atoms with Crippen molar-refractivity contribution in [2.24, 2.45) is 0 Å². The third-order valence-electron chi connectivity index (χ3n) is 3.77. The van der Waals surface area contributed by atoms with Gasteiger partial charge in [-0.25, -0.2) is 0 Å². The van der Waals surface area contributed by atoms with Gasteiger partial charge in [-0.2, -0.15) is 0 Å². The maximum atomic E-state index is 5.72. The first-order chi connectivity index (χ1) is 7.68. The summed E-state index contributed by atoms with van der Waals surface area (Å²) in [6, 6.07) is 9.53. The predicted molar refractivity (Wildman–Crippen MR) is 69.3 cm³/mol. The van der Waals surface area contributed by atoms with Crippen LogP contribution >= 0.6 is 0 Å². The Morgan fingerprint density at radius 2 is 1.94 bits per heavy atom. The highest BCUT2D eigenvalue weighted by atomic mass is 15.2. The lowest BCUT2D eigenvalue weighted by Crippen LogP contribution is -2.39. The maximum Gasteiger partial charge on any atom is 0.0322 e. The number of nitrogen functional groups attached to an aromatic ring is 1. The molecule has 2 nitrogen and oxygen atoms in total. The van der Waals surface area contributed by atoms with Crippen LogP contribution in [0.3, 0.4) is 0 Å². The number of likely N-dealkylation sites (tertiary alicyclic amines) is 1. The van der Waals surface area contributed by atoms with E-state index in [2.05, 4.69) is 30.9 Å². The van der Waals surface area contributed by atoms with Gasteiger partial charge in [0.25, 0.3) is 0 Å². The van der Waals surface area contributed by atoms with E-state index >= 15 is 0 Å². The van der Waals surface area contributed by atoms with Crippen LogP contribution in [0.1, 0.15) is 44.7 Å². The maximum absolute atomic E-state index is 5.72. The quantitative estimate of drug-likeness (QED) is 0.772. The zero-order chi connectivity index (χ0) is 11.5. The van der Waals surface area contributed by atoms with E-state index in [-0.39, 0.29) is 0 Å². The Bertz CT molecular complexity index is 331. The van der Waals surface area contributed by atoms with Crippen LogP contribution in [0, 0.1) is 0 Å². The predicted octanol–water partition coefficient (Wildman–Crippen LogP) is 3.20. The van der Waals surface area contributed by atoms with Crippen LogP contribution in [0.4, 0.5) is 5.69 Å². The van der Waals surface area contributed by atoms with E-state index in [1.807, 2.05) is 12.1 Å². The van der Waals surface area contributed by atoms with Crippen molar-refractivity contribution < 1.29 is 0 Å². The Balaban J connectivity index is 2.11. The van der Waals surface area contributed by atoms with Crippen molar-refractivity contribution >= 4 is 5.69 Å². The first-order valence-electron chi connectivity index (χ1n) is 6.29. The SMILES string of the molecule is CC1CCCCN1C(C)c1ccc(N)cc1. The van der Waals surface area contributed by atoms with Gasteiger partial charge in [0.1, 0.15) is 0 Å². The number of anilines is 1. The molecule has 0 amide bonds. The summed E-state index contributed by atoms with van der Waals surface area (Å²) in [7, 11) is 0. The fraction of sp³-hybridized carbons (Fsp3) is 0.571. The molecular formula is C14H22N2. The van der Waals surface area contributed by atoms with Crippen LogP contribution in [-0.2, 0) is 0 Å². The van der Waals surface area contributed by atoms with Gasteiger partial charge in [-0.15, -0.1) is 0 Å². The monoisotopic (exact) mass is 218 g/mol. The molecule has 0 aliphatic carbocycles. The lowest BCUT2D eigenvalue weighted by molar-refractivity contribution is 0.114. The van der Waals surface area contributed by atoms with Crippen LogP contribution in [0.25, 0.3) is 0 Å². The fourth-order valence-corrected chi connectivity index (χ4v) is 2.66. The summed E-state index contributed by atoms with van der Waals surface area (Å²) in [5.41, 5.74) is 7.95. The summed E-state index contributed by atoms with van der Waals surface area (Å²) in [4.78, 5) is 2.61. The van der Waals surface area contributed by atoms with Crippen molar-refractivity contribution in [3.8, 4) is 0 Å². The second-order valence-corrected chi connectivity index (χ2v) is 4.93. The van der Waals surface area contributed by atoms with Gasteiger partial charge in [-0.05, 0) is 50.9 Å². The smallest absolute Gasteiger partial charge is 0.0322 e. The summed E-state index contributed by atoms with van der Waals surface area (Å²) in [5, 5.41) is 0. The molecule has 1 aliphatic heterocycles. The summed E-state index contributed by atoms with van der Waals surface area (Å²) < 4.78 is 0. The molecule has 0 spiro atoms. The molecule has 1 heterocycles. The van der Waals surface area contributed by atoms with E-state index in [0.29, 0.717) is 12.1 Å². The fourth-order valence-electron chi connectivity index (χ4n) is 2.66. The van der Waals surface area contributed by atoms with E-state index in [0.717, 1.165) is 5.69 Å². The first kappa shape index (κ1) is 11.5. The molecule has 1 aromatic rings. The van der Waals surface area contributed by atoms with Crippen LogP contribution in [-0.4, -0.2) is 17.5 Å². The Labute approximate surface area is 98.4 Å². The van der Waals surface area contributed by atoms with Crippen LogP contribution < -0.4 is 5.73 Å². The number of nitrogens with two attached hydrogens (primary N) is 1. The van der Waals surface area contributed by atoms with E-state index in [1.54, 1.807) is 0 Å². The lowest BCUT2D eigenvalue weighted by atomic mass is 9.98. The standard InChI is InChI=1S/C14H22N2/c1-11-5-3-4-10-16(11)12(2)13-6-8-14(15)9-7-13/h6-9,11-12H,3-5,10,15H2,1-2H3. The number of rotatable bonds is 2. The second kappa shape index (κ2) is 4.88. The van der Waals surface area contributed by atoms with Gasteiger partial charge >= 0.3 is 0 Å². The van der Waals surface area contributed by atoms with Crippen molar-refractivity contribution in [1.29, 1.82) is 0 Å². The van der Waals surface area contributed by atoms with E-state index in [4.69, 9.17) is 5.73 Å². The van der Waals surface area contributed by atoms with Gasteiger partial charge in [0.2, 0.25) is 0 Å². The minimum atomic E-state index is 0.510. The van der Waals surface area contributed by atoms with Gasteiger partial charge < -0.3 is 5.73 Å². The molecule has 0 radical (unpaired) electrons. The zero-order valence-corrected chi connectivity index (χ0v) is 10.3. The van der Waals surface area contributed by atoms with E-state index < -0.39 is 0 Å². The third kappa shape index (κ3) is 2.38. The molecule has 1 aromatic carbocycles. The van der Waals surface area contributed by atoms with Crippen LogP contribution in [0.2, 0.25) is 0 Å². The van der Waals surface area contributed by atoms with Crippen molar-refractivity contribution in [3.05, 3.63) is 29.8 Å². The highest BCUT2D eigenvalue weighted by Gasteiger charge is 2.23. The third-order valence-corrected chi connectivity index (χ3v) is 3.77. The van der Waals surface area contributed by atoms with Crippen molar-refractivity contribution in [3.63, 3.8) is 0 Å². The summed E-state index contributed by atoms with van der Waals surface area (Å²) >= 11 is 0. The Morgan fingerprint density at radius 3 is 2.56 bits per heavy atom. The number of benzene rings is 1. The topological polar surface area (TPSA) is 29.3 Å². The molecule has 2 unspecified atom stereocenters. The number of piperidine rings is 1. The van der Waals surface area contributed by atoms with Crippen LogP contribution in [0.5, 0.6) is 0 Å². The number of hydrogen-bond donors (Lipinski definition) is 1. The first-order valence-corrected chi connectivity index (χ1v) is 6.29. The highest BCUT2D eigenvalue weighted by molar-refractivity contribution is 5.40. The summed E-state index contributed by atoms with van der Waals surface area (Å²) in [6.45, 7) is 5.87. The van der Waals surface area contributed by atoms with E-state index in [9.17, 15) is 0 Å². The molecular weight excluding hydrogens is 196 g/mol. The normalized spacial score (nSPS) is 24.2. The largest absolute Gasteiger partial charge is 0.399 e. The minimum Gasteiger partial charge on any atom is -0.399 e. The van der Waals surface area contributed by atoms with Gasteiger partial charge in [-0.3, -0.25) is 4.90 Å². The molecule has 2 N–H and O–H groups in total. The molecule has 2 rings (SSSR count). The van der Waals surface area contributed by atoms with Gasteiger partial charge in [-0.1, -0.05) is 18.6 Å². The molecule has 1 fully saturated rings. The van der Waals surface area contributed by atoms with Crippen LogP contribution in [0.15, 0.2) is 24.3 Å². The average Bonchev–Trinajstić information content (AvgIpc) is 2.30. The minimum absolute atomic E-state index is 0.510. The number of nitrogens with zero attached hydrogens (tertiary/aromatic N) is 1. The van der Waals surface area contributed by atoms with Gasteiger partial charge in [0.05, 0.1) is 0 Å². The summed E-state index contributed by atoms with van der Waals surface area (Å²) in [5.74, 6) is 0. The Hall–Kier alpha value is -1.02. The molecule has 1 aliphatic rings. The molecule has 88 valence electrons. The molecule has 2 atom stereocenters. The highest BCUT2D eigenvalue weighted by Crippen LogP contribution is 2.28. The summed E-state index contributed by atoms with van der Waals surface area (Å²) in [6.07, 6.45) is 4.05. The molecule has 16 heavy (non-hydrogen) atoms. The molecule has 0 saturated carbocycles.